The molecule has 0 atom stereocenters. The Balaban J connectivity index is 1.57. The summed E-state index contributed by atoms with van der Waals surface area (Å²) in [5.41, 5.74) is 3.85. The second-order valence-corrected chi connectivity index (χ2v) is 6.47. The molecule has 1 fully saturated rings. The number of aromatic nitrogens is 1. The highest BCUT2D eigenvalue weighted by atomic mass is 35.5. The molecule has 22 heavy (non-hydrogen) atoms. The van der Waals surface area contributed by atoms with Crippen LogP contribution >= 0.6 is 11.6 Å². The van der Waals surface area contributed by atoms with Crippen molar-refractivity contribution in [2.24, 2.45) is 0 Å². The molecule has 2 aromatic carbocycles. The number of benzene rings is 2. The Kier molecular flexibility index (Phi) is 3.55. The van der Waals surface area contributed by atoms with Crippen LogP contribution in [-0.4, -0.2) is 18.1 Å². The van der Waals surface area contributed by atoms with Crippen molar-refractivity contribution >= 4 is 28.2 Å². The first-order valence-corrected chi connectivity index (χ1v) is 8.25. The molecule has 1 aromatic heterocycles. The van der Waals surface area contributed by atoms with Crippen molar-refractivity contribution in [3.63, 3.8) is 0 Å². The van der Waals surface area contributed by atoms with E-state index in [1.807, 2.05) is 12.3 Å². The fraction of sp³-hybridized carbons (Fsp3) is 0.263. The standard InChI is InChI=1S/C19H19ClN2/c20-16-12-18-17(6-9-21-18)19(13-16)22-10-7-15(8-11-22)14-4-2-1-3-5-14/h1-6,9,12-13,15,21H,7-8,10-11H2. The van der Waals surface area contributed by atoms with Gasteiger partial charge in [0.15, 0.2) is 0 Å². The minimum Gasteiger partial charge on any atom is -0.371 e. The number of anilines is 1. The zero-order valence-corrected chi connectivity index (χ0v) is 13.2. The third-order valence-electron chi connectivity index (χ3n) is 4.72. The number of fused-ring (bicyclic) bond motifs is 1. The van der Waals surface area contributed by atoms with Crippen molar-refractivity contribution in [1.29, 1.82) is 0 Å². The highest BCUT2D eigenvalue weighted by molar-refractivity contribution is 6.31. The van der Waals surface area contributed by atoms with Gasteiger partial charge in [-0.1, -0.05) is 41.9 Å². The van der Waals surface area contributed by atoms with Gasteiger partial charge in [-0.3, -0.25) is 0 Å². The number of halogens is 1. The van der Waals surface area contributed by atoms with Crippen LogP contribution in [0.3, 0.4) is 0 Å². The minimum atomic E-state index is 0.679. The van der Waals surface area contributed by atoms with Gasteiger partial charge in [0.05, 0.1) is 0 Å². The average Bonchev–Trinajstić information content (AvgIpc) is 3.03. The van der Waals surface area contributed by atoms with E-state index in [1.165, 1.54) is 29.5 Å². The van der Waals surface area contributed by atoms with Crippen LogP contribution in [0.15, 0.2) is 54.7 Å². The summed E-state index contributed by atoms with van der Waals surface area (Å²) in [5.74, 6) is 0.679. The van der Waals surface area contributed by atoms with Gasteiger partial charge in [0.1, 0.15) is 0 Å². The first-order chi connectivity index (χ1) is 10.8. The van der Waals surface area contributed by atoms with Gasteiger partial charge in [0.25, 0.3) is 0 Å². The van der Waals surface area contributed by atoms with Crippen molar-refractivity contribution in [2.45, 2.75) is 18.8 Å². The van der Waals surface area contributed by atoms with Crippen LogP contribution in [-0.2, 0) is 0 Å². The summed E-state index contributed by atoms with van der Waals surface area (Å²) in [7, 11) is 0. The van der Waals surface area contributed by atoms with E-state index >= 15 is 0 Å². The van der Waals surface area contributed by atoms with Gasteiger partial charge < -0.3 is 9.88 Å². The molecule has 2 heterocycles. The number of H-pyrrole nitrogens is 1. The maximum Gasteiger partial charge on any atom is 0.0489 e. The summed E-state index contributed by atoms with van der Waals surface area (Å²) in [6.45, 7) is 2.17. The minimum absolute atomic E-state index is 0.679. The number of piperidine rings is 1. The Morgan fingerprint density at radius 1 is 1.00 bits per heavy atom. The maximum absolute atomic E-state index is 6.28. The first kappa shape index (κ1) is 13.7. The summed E-state index contributed by atoms with van der Waals surface area (Å²) in [4.78, 5) is 5.74. The van der Waals surface area contributed by atoms with Crippen molar-refractivity contribution < 1.29 is 0 Å². The lowest BCUT2D eigenvalue weighted by Gasteiger charge is -2.34. The number of rotatable bonds is 2. The van der Waals surface area contributed by atoms with Crippen LogP contribution < -0.4 is 4.90 Å². The van der Waals surface area contributed by atoms with E-state index in [2.05, 4.69) is 52.3 Å². The molecule has 0 spiro atoms. The van der Waals surface area contributed by atoms with Gasteiger partial charge >= 0.3 is 0 Å². The summed E-state index contributed by atoms with van der Waals surface area (Å²) in [5, 5.41) is 2.07. The Morgan fingerprint density at radius 2 is 1.77 bits per heavy atom. The Hall–Kier alpha value is -1.93. The highest BCUT2D eigenvalue weighted by Crippen LogP contribution is 2.35. The van der Waals surface area contributed by atoms with Crippen molar-refractivity contribution in [2.75, 3.05) is 18.0 Å². The van der Waals surface area contributed by atoms with Crippen molar-refractivity contribution in [3.8, 4) is 0 Å². The SMILES string of the molecule is Clc1cc(N2CCC(c3ccccc3)CC2)c2cc[nH]c2c1. The van der Waals surface area contributed by atoms with Gasteiger partial charge in [-0.15, -0.1) is 0 Å². The second-order valence-electron chi connectivity index (χ2n) is 6.04. The predicted molar refractivity (Wildman–Crippen MR) is 93.9 cm³/mol. The van der Waals surface area contributed by atoms with E-state index in [0.717, 1.165) is 23.6 Å². The predicted octanol–water partition coefficient (Wildman–Crippen LogP) is 5.21. The lowest BCUT2D eigenvalue weighted by Crippen LogP contribution is -2.32. The zero-order chi connectivity index (χ0) is 14.9. The molecule has 1 N–H and O–H groups in total. The van der Waals surface area contributed by atoms with E-state index in [0.29, 0.717) is 5.92 Å². The van der Waals surface area contributed by atoms with Crippen LogP contribution in [0.4, 0.5) is 5.69 Å². The second kappa shape index (κ2) is 5.69. The Bertz CT molecular complexity index is 770. The van der Waals surface area contributed by atoms with Gasteiger partial charge in [-0.2, -0.15) is 0 Å². The van der Waals surface area contributed by atoms with E-state index in [1.54, 1.807) is 0 Å². The van der Waals surface area contributed by atoms with Crippen LogP contribution in [0.1, 0.15) is 24.3 Å². The molecular weight excluding hydrogens is 292 g/mol. The molecule has 0 aliphatic carbocycles. The lowest BCUT2D eigenvalue weighted by molar-refractivity contribution is 0.506. The quantitative estimate of drug-likeness (QED) is 0.689. The maximum atomic E-state index is 6.28. The molecule has 1 aliphatic rings. The Labute approximate surface area is 135 Å². The fourth-order valence-corrected chi connectivity index (χ4v) is 3.77. The van der Waals surface area contributed by atoms with E-state index < -0.39 is 0 Å². The first-order valence-electron chi connectivity index (χ1n) is 7.88. The molecule has 1 aliphatic heterocycles. The molecule has 0 saturated carbocycles. The molecule has 0 amide bonds. The number of hydrogen-bond donors (Lipinski definition) is 1. The molecule has 0 bridgehead atoms. The van der Waals surface area contributed by atoms with Crippen LogP contribution in [0.25, 0.3) is 10.9 Å². The summed E-state index contributed by atoms with van der Waals surface area (Å²) in [6.07, 6.45) is 4.38. The summed E-state index contributed by atoms with van der Waals surface area (Å²) < 4.78 is 0. The number of nitrogens with zero attached hydrogens (tertiary/aromatic N) is 1. The Morgan fingerprint density at radius 3 is 2.55 bits per heavy atom. The molecular formula is C19H19ClN2. The van der Waals surface area contributed by atoms with Crippen molar-refractivity contribution in [1.82, 2.24) is 4.98 Å². The molecule has 4 rings (SSSR count). The molecule has 3 heteroatoms. The average molecular weight is 311 g/mol. The number of nitrogens with one attached hydrogen (secondary N) is 1. The van der Waals surface area contributed by atoms with Gasteiger partial charge in [-0.25, -0.2) is 0 Å². The normalized spacial score (nSPS) is 16.3. The third-order valence-corrected chi connectivity index (χ3v) is 4.94. The highest BCUT2D eigenvalue weighted by Gasteiger charge is 2.22. The molecule has 0 unspecified atom stereocenters. The van der Waals surface area contributed by atoms with Gasteiger partial charge in [0, 0.05) is 40.9 Å². The van der Waals surface area contributed by atoms with Gasteiger partial charge in [0.2, 0.25) is 0 Å². The van der Waals surface area contributed by atoms with E-state index in [9.17, 15) is 0 Å². The molecule has 112 valence electrons. The van der Waals surface area contributed by atoms with Gasteiger partial charge in [-0.05, 0) is 42.5 Å². The molecule has 0 radical (unpaired) electrons. The topological polar surface area (TPSA) is 19.0 Å². The van der Waals surface area contributed by atoms with Crippen LogP contribution in [0, 0.1) is 0 Å². The molecule has 3 aromatic rings. The lowest BCUT2D eigenvalue weighted by atomic mass is 9.89. The fourth-order valence-electron chi connectivity index (χ4n) is 3.55. The third kappa shape index (κ3) is 2.48. The summed E-state index contributed by atoms with van der Waals surface area (Å²) in [6, 6.07) is 17.1. The van der Waals surface area contributed by atoms with Crippen molar-refractivity contribution in [3.05, 3.63) is 65.3 Å². The van der Waals surface area contributed by atoms with Crippen LogP contribution in [0.2, 0.25) is 5.02 Å². The largest absolute Gasteiger partial charge is 0.371 e. The number of hydrogen-bond acceptors (Lipinski definition) is 1. The number of aromatic amines is 1. The molecule has 1 saturated heterocycles. The smallest absolute Gasteiger partial charge is 0.0489 e. The monoisotopic (exact) mass is 310 g/mol. The van der Waals surface area contributed by atoms with E-state index in [4.69, 9.17) is 11.6 Å². The van der Waals surface area contributed by atoms with E-state index in [-0.39, 0.29) is 0 Å². The van der Waals surface area contributed by atoms with Crippen LogP contribution in [0.5, 0.6) is 0 Å². The molecule has 2 nitrogen and oxygen atoms in total. The zero-order valence-electron chi connectivity index (χ0n) is 12.4. The summed E-state index contributed by atoms with van der Waals surface area (Å²) >= 11 is 6.28.